The molecule has 7 heteroatoms. The van der Waals surface area contributed by atoms with Crippen molar-refractivity contribution in [1.29, 1.82) is 0 Å². The van der Waals surface area contributed by atoms with Gasteiger partial charge in [0.05, 0.1) is 4.92 Å². The zero-order valence-corrected chi connectivity index (χ0v) is 13.2. The van der Waals surface area contributed by atoms with Crippen molar-refractivity contribution < 1.29 is 18.8 Å². The van der Waals surface area contributed by atoms with E-state index in [1.54, 1.807) is 4.90 Å². The quantitative estimate of drug-likeness (QED) is 0.589. The molecule has 128 valence electrons. The van der Waals surface area contributed by atoms with Gasteiger partial charge in [-0.3, -0.25) is 14.9 Å². The van der Waals surface area contributed by atoms with E-state index in [-0.39, 0.29) is 30.0 Å². The first-order valence-corrected chi connectivity index (χ1v) is 8.14. The van der Waals surface area contributed by atoms with E-state index < -0.39 is 10.7 Å². The molecule has 1 amide bonds. The van der Waals surface area contributed by atoms with Gasteiger partial charge in [-0.2, -0.15) is 0 Å². The van der Waals surface area contributed by atoms with Crippen LogP contribution in [0.2, 0.25) is 0 Å². The maximum Gasteiger partial charge on any atom is 0.311 e. The summed E-state index contributed by atoms with van der Waals surface area (Å²) in [5, 5.41) is 11.0. The first kappa shape index (κ1) is 16.4. The maximum absolute atomic E-state index is 13.3. The molecule has 1 aromatic rings. The second-order valence-corrected chi connectivity index (χ2v) is 6.09. The molecule has 1 saturated carbocycles. The number of amides is 1. The van der Waals surface area contributed by atoms with Crippen molar-refractivity contribution in [2.75, 3.05) is 6.61 Å². The normalized spacial score (nSPS) is 17.1. The zero-order chi connectivity index (χ0) is 17.1. The second kappa shape index (κ2) is 6.98. The Labute approximate surface area is 139 Å². The van der Waals surface area contributed by atoms with Gasteiger partial charge in [0.2, 0.25) is 5.75 Å². The predicted molar refractivity (Wildman–Crippen MR) is 85.0 cm³/mol. The van der Waals surface area contributed by atoms with E-state index in [1.165, 1.54) is 0 Å². The van der Waals surface area contributed by atoms with E-state index >= 15 is 0 Å². The van der Waals surface area contributed by atoms with Crippen molar-refractivity contribution in [3.63, 3.8) is 0 Å². The van der Waals surface area contributed by atoms with Gasteiger partial charge in [-0.1, -0.05) is 6.08 Å². The number of nitro groups is 1. The third-order valence-corrected chi connectivity index (χ3v) is 4.23. The lowest BCUT2D eigenvalue weighted by Crippen LogP contribution is -2.36. The molecule has 2 aliphatic carbocycles. The minimum absolute atomic E-state index is 0.202. The standard InChI is InChI=1S/C17H19FN2O4/c18-12-6-9-15(20(22)23)16(10-12)24-11-17(21)19(14-7-8-14)13-4-2-1-3-5-13/h4,6,9-10,14H,1-3,5,7-8,11H2. The Morgan fingerprint density at radius 3 is 2.79 bits per heavy atom. The van der Waals surface area contributed by atoms with Crippen molar-refractivity contribution >= 4 is 11.6 Å². The smallest absolute Gasteiger partial charge is 0.311 e. The molecule has 24 heavy (non-hydrogen) atoms. The van der Waals surface area contributed by atoms with Crippen LogP contribution in [0.3, 0.4) is 0 Å². The van der Waals surface area contributed by atoms with Crippen molar-refractivity contribution in [3.05, 3.63) is 45.9 Å². The molecule has 0 radical (unpaired) electrons. The predicted octanol–water partition coefficient (Wildman–Crippen LogP) is 3.56. The molecule has 3 rings (SSSR count). The maximum atomic E-state index is 13.3. The van der Waals surface area contributed by atoms with Gasteiger partial charge < -0.3 is 9.64 Å². The van der Waals surface area contributed by atoms with Crippen LogP contribution in [0.5, 0.6) is 5.75 Å². The lowest BCUT2D eigenvalue weighted by atomic mass is 10.0. The molecule has 0 N–H and O–H groups in total. The van der Waals surface area contributed by atoms with Crippen molar-refractivity contribution in [2.24, 2.45) is 0 Å². The number of hydrogen-bond donors (Lipinski definition) is 0. The molecule has 6 nitrogen and oxygen atoms in total. The summed E-state index contributed by atoms with van der Waals surface area (Å²) in [5.41, 5.74) is 0.671. The Hall–Kier alpha value is -2.44. The van der Waals surface area contributed by atoms with Gasteiger partial charge in [0.15, 0.2) is 6.61 Å². The van der Waals surface area contributed by atoms with Crippen LogP contribution in [-0.4, -0.2) is 28.4 Å². The highest BCUT2D eigenvalue weighted by atomic mass is 19.1. The number of nitrogens with zero attached hydrogens (tertiary/aromatic N) is 2. The molecule has 1 aromatic carbocycles. The van der Waals surface area contributed by atoms with Gasteiger partial charge in [0, 0.05) is 23.9 Å². The van der Waals surface area contributed by atoms with Gasteiger partial charge in [0.1, 0.15) is 5.82 Å². The fourth-order valence-corrected chi connectivity index (χ4v) is 2.93. The third-order valence-electron chi connectivity index (χ3n) is 4.23. The fourth-order valence-electron chi connectivity index (χ4n) is 2.93. The Bertz CT molecular complexity index is 685. The summed E-state index contributed by atoms with van der Waals surface area (Å²) < 4.78 is 18.6. The molecule has 0 spiro atoms. The molecular weight excluding hydrogens is 315 g/mol. The summed E-state index contributed by atoms with van der Waals surface area (Å²) in [5.74, 6) is -1.09. The fraction of sp³-hybridized carbons (Fsp3) is 0.471. The Morgan fingerprint density at radius 2 is 2.17 bits per heavy atom. The highest BCUT2D eigenvalue weighted by molar-refractivity contribution is 5.80. The van der Waals surface area contributed by atoms with Gasteiger partial charge in [-0.15, -0.1) is 0 Å². The summed E-state index contributed by atoms with van der Waals surface area (Å²) >= 11 is 0. The van der Waals surface area contributed by atoms with Crippen molar-refractivity contribution in [1.82, 2.24) is 4.90 Å². The van der Waals surface area contributed by atoms with Crippen LogP contribution in [0, 0.1) is 15.9 Å². The molecule has 2 aliphatic rings. The number of carbonyl (C=O) groups excluding carboxylic acids is 1. The summed E-state index contributed by atoms with van der Waals surface area (Å²) in [6, 6.07) is 3.17. The zero-order valence-electron chi connectivity index (χ0n) is 13.2. The van der Waals surface area contributed by atoms with Crippen LogP contribution in [0.4, 0.5) is 10.1 Å². The average molecular weight is 334 g/mol. The largest absolute Gasteiger partial charge is 0.477 e. The molecule has 0 aromatic heterocycles. The first-order chi connectivity index (χ1) is 11.6. The molecule has 0 heterocycles. The number of halogens is 1. The molecular formula is C17H19FN2O4. The van der Waals surface area contributed by atoms with Crippen LogP contribution in [0.15, 0.2) is 30.0 Å². The van der Waals surface area contributed by atoms with E-state index in [1.807, 2.05) is 0 Å². The molecule has 0 aliphatic heterocycles. The summed E-state index contributed by atoms with van der Waals surface area (Å²) in [4.78, 5) is 24.7. The first-order valence-electron chi connectivity index (χ1n) is 8.14. The van der Waals surface area contributed by atoms with Crippen LogP contribution >= 0.6 is 0 Å². The molecule has 1 fully saturated rings. The minimum Gasteiger partial charge on any atom is -0.477 e. The topological polar surface area (TPSA) is 72.7 Å². The van der Waals surface area contributed by atoms with E-state index in [0.29, 0.717) is 0 Å². The number of hydrogen-bond acceptors (Lipinski definition) is 4. The number of carbonyl (C=O) groups is 1. The summed E-state index contributed by atoms with van der Waals surface area (Å²) in [6.45, 7) is -0.335. The number of allylic oxidation sites excluding steroid dienone is 2. The SMILES string of the molecule is O=C(COc1cc(F)ccc1[N+](=O)[O-])N(C1=CCCCC1)C1CC1. The van der Waals surface area contributed by atoms with Gasteiger partial charge >= 0.3 is 5.69 Å². The van der Waals surface area contributed by atoms with Crippen LogP contribution < -0.4 is 4.74 Å². The Morgan fingerprint density at radius 1 is 1.38 bits per heavy atom. The van der Waals surface area contributed by atoms with E-state index in [0.717, 1.165) is 62.4 Å². The molecule has 0 saturated heterocycles. The Balaban J connectivity index is 1.71. The number of nitro benzene ring substituents is 1. The minimum atomic E-state index is -0.651. The lowest BCUT2D eigenvalue weighted by Gasteiger charge is -2.27. The third kappa shape index (κ3) is 3.72. The van der Waals surface area contributed by atoms with Crippen molar-refractivity contribution in [2.45, 2.75) is 44.6 Å². The van der Waals surface area contributed by atoms with Crippen LogP contribution in [0.1, 0.15) is 38.5 Å². The number of benzene rings is 1. The average Bonchev–Trinajstić information content (AvgIpc) is 3.39. The number of rotatable bonds is 6. The van der Waals surface area contributed by atoms with Gasteiger partial charge in [-0.25, -0.2) is 4.39 Å². The summed E-state index contributed by atoms with van der Waals surface area (Å²) in [7, 11) is 0. The van der Waals surface area contributed by atoms with Gasteiger partial charge in [-0.05, 0) is 44.6 Å². The summed E-state index contributed by atoms with van der Waals surface area (Å²) in [6.07, 6.45) is 8.02. The monoisotopic (exact) mass is 334 g/mol. The Kier molecular flexibility index (Phi) is 4.78. The lowest BCUT2D eigenvalue weighted by molar-refractivity contribution is -0.385. The number of ether oxygens (including phenoxy) is 1. The van der Waals surface area contributed by atoms with E-state index in [9.17, 15) is 19.3 Å². The molecule has 0 unspecified atom stereocenters. The highest BCUT2D eigenvalue weighted by Gasteiger charge is 2.35. The van der Waals surface area contributed by atoms with E-state index in [4.69, 9.17) is 4.74 Å². The molecule has 0 atom stereocenters. The van der Waals surface area contributed by atoms with E-state index in [2.05, 4.69) is 6.08 Å². The van der Waals surface area contributed by atoms with Crippen LogP contribution in [-0.2, 0) is 4.79 Å². The van der Waals surface area contributed by atoms with Crippen LogP contribution in [0.25, 0.3) is 0 Å². The molecule has 0 bridgehead atoms. The van der Waals surface area contributed by atoms with Gasteiger partial charge in [0.25, 0.3) is 5.91 Å². The highest BCUT2D eigenvalue weighted by Crippen LogP contribution is 2.34. The second-order valence-electron chi connectivity index (χ2n) is 6.09. The van der Waals surface area contributed by atoms with Crippen molar-refractivity contribution in [3.8, 4) is 5.75 Å².